The lowest BCUT2D eigenvalue weighted by Crippen LogP contribution is -2.44. The van der Waals surface area contributed by atoms with E-state index in [1.54, 1.807) is 0 Å². The standard InChI is InChI=1S/C9H16FNO6/c1-5(13)4-17-11-2-6(10)8(15)9(16)7(14)3-12/h2,6-9,12,14-16H,3-4H2,1H3/b11-2+/t6-,7+,8+,9+/m0/s1. The number of halogens is 1. The van der Waals surface area contributed by atoms with Crippen LogP contribution in [0.3, 0.4) is 0 Å². The summed E-state index contributed by atoms with van der Waals surface area (Å²) in [4.78, 5) is 14.8. The second-order valence-corrected chi connectivity index (χ2v) is 3.41. The normalized spacial score (nSPS) is 18.7. The van der Waals surface area contributed by atoms with E-state index >= 15 is 0 Å². The first kappa shape index (κ1) is 15.9. The number of alkyl halides is 1. The van der Waals surface area contributed by atoms with Gasteiger partial charge in [0.05, 0.1) is 12.8 Å². The first-order valence-electron chi connectivity index (χ1n) is 4.84. The lowest BCUT2D eigenvalue weighted by molar-refractivity contribution is -0.121. The van der Waals surface area contributed by atoms with Crippen LogP contribution in [0.25, 0.3) is 0 Å². The molecular formula is C9H16FNO6. The minimum absolute atomic E-state index is 0.311. The Labute approximate surface area is 97.1 Å². The molecule has 0 spiro atoms. The molecule has 8 heteroatoms. The van der Waals surface area contributed by atoms with Gasteiger partial charge in [-0.25, -0.2) is 4.39 Å². The maximum Gasteiger partial charge on any atom is 0.174 e. The summed E-state index contributed by atoms with van der Waals surface area (Å²) < 4.78 is 13.2. The van der Waals surface area contributed by atoms with Gasteiger partial charge in [0.1, 0.15) is 18.3 Å². The quantitative estimate of drug-likeness (QED) is 0.293. The smallest absolute Gasteiger partial charge is 0.174 e. The molecule has 0 aliphatic rings. The maximum absolute atomic E-state index is 13.2. The average Bonchev–Trinajstić information content (AvgIpc) is 2.31. The average molecular weight is 253 g/mol. The number of aliphatic hydroxyl groups is 4. The number of carbonyl (C=O) groups is 1. The summed E-state index contributed by atoms with van der Waals surface area (Å²) in [5.74, 6) is -0.311. The van der Waals surface area contributed by atoms with Crippen LogP contribution in [0.15, 0.2) is 5.16 Å². The van der Waals surface area contributed by atoms with E-state index in [4.69, 9.17) is 15.3 Å². The molecule has 0 aromatic carbocycles. The molecule has 100 valence electrons. The van der Waals surface area contributed by atoms with Gasteiger partial charge < -0.3 is 25.3 Å². The number of rotatable bonds is 8. The van der Waals surface area contributed by atoms with Crippen molar-refractivity contribution in [2.75, 3.05) is 13.2 Å². The Morgan fingerprint density at radius 3 is 2.47 bits per heavy atom. The van der Waals surface area contributed by atoms with Gasteiger partial charge in [0.25, 0.3) is 0 Å². The summed E-state index contributed by atoms with van der Waals surface area (Å²) in [6.45, 7) is 0.0999. The van der Waals surface area contributed by atoms with Gasteiger partial charge in [0.15, 0.2) is 18.6 Å². The summed E-state index contributed by atoms with van der Waals surface area (Å²) in [7, 11) is 0. The number of carbonyl (C=O) groups excluding carboxylic acids is 1. The maximum atomic E-state index is 13.2. The Bertz CT molecular complexity index is 262. The Morgan fingerprint density at radius 1 is 1.41 bits per heavy atom. The highest BCUT2D eigenvalue weighted by atomic mass is 19.1. The topological polar surface area (TPSA) is 120 Å². The van der Waals surface area contributed by atoms with E-state index in [9.17, 15) is 14.3 Å². The van der Waals surface area contributed by atoms with Crippen molar-refractivity contribution in [3.8, 4) is 0 Å². The molecular weight excluding hydrogens is 237 g/mol. The minimum Gasteiger partial charge on any atom is -0.394 e. The van der Waals surface area contributed by atoms with Crippen LogP contribution in [0.5, 0.6) is 0 Å². The van der Waals surface area contributed by atoms with Gasteiger partial charge >= 0.3 is 0 Å². The van der Waals surface area contributed by atoms with Crippen molar-refractivity contribution in [2.45, 2.75) is 31.4 Å². The van der Waals surface area contributed by atoms with E-state index in [0.717, 1.165) is 0 Å². The Hall–Kier alpha value is -1.09. The fraction of sp³-hybridized carbons (Fsp3) is 0.778. The molecule has 0 rings (SSSR count). The van der Waals surface area contributed by atoms with E-state index in [2.05, 4.69) is 9.99 Å². The molecule has 0 bridgehead atoms. The van der Waals surface area contributed by atoms with Crippen LogP contribution >= 0.6 is 0 Å². The van der Waals surface area contributed by atoms with Crippen LogP contribution in [0, 0.1) is 0 Å². The van der Waals surface area contributed by atoms with Gasteiger partial charge in [0, 0.05) is 0 Å². The first-order chi connectivity index (χ1) is 7.90. The van der Waals surface area contributed by atoms with Gasteiger partial charge in [-0.1, -0.05) is 5.16 Å². The SMILES string of the molecule is CC(=O)CO/N=C/[C@H](F)[C@@H](O)[C@H](O)[C@H](O)CO. The molecule has 0 aromatic heterocycles. The zero-order valence-electron chi connectivity index (χ0n) is 9.23. The molecule has 0 saturated heterocycles. The summed E-state index contributed by atoms with van der Waals surface area (Å²) in [6, 6.07) is 0. The van der Waals surface area contributed by atoms with Crippen LogP contribution in [-0.2, 0) is 9.63 Å². The second kappa shape index (κ2) is 8.07. The van der Waals surface area contributed by atoms with Gasteiger partial charge in [-0.15, -0.1) is 0 Å². The van der Waals surface area contributed by atoms with Crippen molar-refractivity contribution >= 4 is 12.0 Å². The lowest BCUT2D eigenvalue weighted by atomic mass is 10.1. The van der Waals surface area contributed by atoms with Crippen LogP contribution < -0.4 is 0 Å². The van der Waals surface area contributed by atoms with E-state index in [0.29, 0.717) is 6.21 Å². The second-order valence-electron chi connectivity index (χ2n) is 3.41. The number of aliphatic hydroxyl groups excluding tert-OH is 4. The molecule has 4 atom stereocenters. The molecule has 0 amide bonds. The predicted octanol–water partition coefficient (Wildman–Crippen LogP) is -2.01. The molecule has 0 fully saturated rings. The number of Topliss-reactive ketones (excluding diaryl/α,β-unsaturated/α-hetero) is 1. The molecule has 0 aliphatic carbocycles. The summed E-state index contributed by atoms with van der Waals surface area (Å²) in [6.07, 6.45) is -7.02. The van der Waals surface area contributed by atoms with Crippen molar-refractivity contribution in [3.63, 3.8) is 0 Å². The zero-order chi connectivity index (χ0) is 13.4. The van der Waals surface area contributed by atoms with Gasteiger partial charge in [-0.2, -0.15) is 0 Å². The van der Waals surface area contributed by atoms with E-state index in [-0.39, 0.29) is 12.4 Å². The minimum atomic E-state index is -2.10. The Kier molecular flexibility index (Phi) is 7.55. The monoisotopic (exact) mass is 253 g/mol. The Balaban J connectivity index is 4.12. The van der Waals surface area contributed by atoms with Crippen LogP contribution in [0.4, 0.5) is 4.39 Å². The molecule has 0 radical (unpaired) electrons. The van der Waals surface area contributed by atoms with Crippen LogP contribution in [0.2, 0.25) is 0 Å². The molecule has 7 nitrogen and oxygen atoms in total. The number of hydrogen-bond donors (Lipinski definition) is 4. The molecule has 17 heavy (non-hydrogen) atoms. The molecule has 0 aliphatic heterocycles. The van der Waals surface area contributed by atoms with Gasteiger partial charge in [-0.3, -0.25) is 4.79 Å². The Morgan fingerprint density at radius 2 is 2.00 bits per heavy atom. The van der Waals surface area contributed by atoms with Crippen molar-refractivity contribution in [1.29, 1.82) is 0 Å². The summed E-state index contributed by atoms with van der Waals surface area (Å²) >= 11 is 0. The fourth-order valence-electron chi connectivity index (χ4n) is 0.841. The van der Waals surface area contributed by atoms with Crippen molar-refractivity contribution in [1.82, 2.24) is 0 Å². The van der Waals surface area contributed by atoms with Gasteiger partial charge in [-0.05, 0) is 6.92 Å². The van der Waals surface area contributed by atoms with Crippen molar-refractivity contribution in [3.05, 3.63) is 0 Å². The number of hydrogen-bond acceptors (Lipinski definition) is 7. The zero-order valence-corrected chi connectivity index (χ0v) is 9.23. The third-order valence-electron chi connectivity index (χ3n) is 1.80. The number of oxime groups is 1. The molecule has 4 N–H and O–H groups in total. The number of ketones is 1. The third kappa shape index (κ3) is 6.27. The molecule has 0 saturated carbocycles. The van der Waals surface area contributed by atoms with E-state index in [1.807, 2.05) is 0 Å². The van der Waals surface area contributed by atoms with Crippen LogP contribution in [0.1, 0.15) is 6.92 Å². The van der Waals surface area contributed by atoms with Crippen molar-refractivity contribution in [2.24, 2.45) is 5.16 Å². The molecule has 0 unspecified atom stereocenters. The van der Waals surface area contributed by atoms with Gasteiger partial charge in [0.2, 0.25) is 0 Å². The highest BCUT2D eigenvalue weighted by Crippen LogP contribution is 2.06. The van der Waals surface area contributed by atoms with Crippen molar-refractivity contribution < 1.29 is 34.4 Å². The highest BCUT2D eigenvalue weighted by molar-refractivity contribution is 5.76. The molecule has 0 heterocycles. The largest absolute Gasteiger partial charge is 0.394 e. The summed E-state index contributed by atoms with van der Waals surface area (Å²) in [5.41, 5.74) is 0. The summed E-state index contributed by atoms with van der Waals surface area (Å²) in [5, 5.41) is 38.8. The van der Waals surface area contributed by atoms with E-state index < -0.39 is 31.1 Å². The third-order valence-corrected chi connectivity index (χ3v) is 1.80. The van der Waals surface area contributed by atoms with E-state index in [1.165, 1.54) is 6.92 Å². The predicted molar refractivity (Wildman–Crippen MR) is 55.1 cm³/mol. The highest BCUT2D eigenvalue weighted by Gasteiger charge is 2.30. The lowest BCUT2D eigenvalue weighted by Gasteiger charge is -2.22. The van der Waals surface area contributed by atoms with Crippen LogP contribution in [-0.4, -0.2) is 70.1 Å². The number of nitrogens with zero attached hydrogens (tertiary/aromatic N) is 1. The fourth-order valence-corrected chi connectivity index (χ4v) is 0.841. The molecule has 0 aromatic rings. The first-order valence-corrected chi connectivity index (χ1v) is 4.84.